The first kappa shape index (κ1) is 14.2. The average Bonchev–Trinajstić information content (AvgIpc) is 3.14. The molecule has 0 aliphatic carbocycles. The van der Waals surface area contributed by atoms with Gasteiger partial charge in [-0.25, -0.2) is 4.98 Å². The Kier molecular flexibility index (Phi) is 3.84. The van der Waals surface area contributed by atoms with Crippen molar-refractivity contribution in [3.05, 3.63) is 36.7 Å². The van der Waals surface area contributed by atoms with Crippen LogP contribution in [0.2, 0.25) is 0 Å². The maximum absolute atomic E-state index is 11.9. The number of carbonyl (C=O) groups is 1. The van der Waals surface area contributed by atoms with Crippen molar-refractivity contribution < 1.29 is 9.90 Å². The third-order valence-corrected chi connectivity index (χ3v) is 3.24. The highest BCUT2D eigenvalue weighted by Gasteiger charge is 2.09. The molecule has 0 radical (unpaired) electrons. The largest absolute Gasteiger partial charge is 0.385 e. The predicted molar refractivity (Wildman–Crippen MR) is 80.0 cm³/mol. The lowest BCUT2D eigenvalue weighted by atomic mass is 10.2. The summed E-state index contributed by atoms with van der Waals surface area (Å²) in [6, 6.07) is 5.38. The van der Waals surface area contributed by atoms with E-state index in [4.69, 9.17) is 0 Å². The zero-order valence-electron chi connectivity index (χ0n) is 12.0. The first-order chi connectivity index (χ1) is 10.6. The van der Waals surface area contributed by atoms with Crippen LogP contribution in [0.1, 0.15) is 25.3 Å². The number of aliphatic hydroxyl groups excluding tert-OH is 1. The number of benzene rings is 1. The first-order valence-electron chi connectivity index (χ1n) is 6.92. The van der Waals surface area contributed by atoms with Crippen LogP contribution in [0.4, 0.5) is 5.69 Å². The minimum atomic E-state index is -0.658. The fraction of sp³-hybridized carbons (Fsp3) is 0.286. The number of nitrogens with zero attached hydrogens (tertiary/aromatic N) is 4. The van der Waals surface area contributed by atoms with Gasteiger partial charge in [0.05, 0.1) is 11.0 Å². The molecule has 1 unspecified atom stereocenters. The molecule has 8 nitrogen and oxygen atoms in total. The van der Waals surface area contributed by atoms with E-state index in [1.165, 1.54) is 0 Å². The Morgan fingerprint density at radius 1 is 1.41 bits per heavy atom. The Bertz CT molecular complexity index is 778. The van der Waals surface area contributed by atoms with Crippen LogP contribution in [0.3, 0.4) is 0 Å². The Morgan fingerprint density at radius 2 is 2.18 bits per heavy atom. The van der Waals surface area contributed by atoms with Gasteiger partial charge in [-0.3, -0.25) is 4.79 Å². The third kappa shape index (κ3) is 3.12. The van der Waals surface area contributed by atoms with Gasteiger partial charge >= 0.3 is 0 Å². The van der Waals surface area contributed by atoms with Gasteiger partial charge in [-0.15, -0.1) is 10.2 Å². The lowest BCUT2D eigenvalue weighted by Gasteiger charge is -2.05. The average molecular weight is 300 g/mol. The van der Waals surface area contributed by atoms with E-state index in [0.29, 0.717) is 24.5 Å². The number of aryl methyl sites for hydroxylation is 1. The van der Waals surface area contributed by atoms with Gasteiger partial charge in [0.2, 0.25) is 5.91 Å². The normalized spacial score (nSPS) is 12.5. The molecule has 2 aromatic heterocycles. The Morgan fingerprint density at radius 3 is 2.91 bits per heavy atom. The number of carbonyl (C=O) groups excluding carboxylic acids is 1. The van der Waals surface area contributed by atoms with Crippen LogP contribution in [0.15, 0.2) is 30.9 Å². The molecule has 22 heavy (non-hydrogen) atoms. The number of anilines is 1. The quantitative estimate of drug-likeness (QED) is 0.657. The van der Waals surface area contributed by atoms with Crippen molar-refractivity contribution in [2.24, 2.45) is 0 Å². The van der Waals surface area contributed by atoms with Gasteiger partial charge < -0.3 is 20.0 Å². The molecule has 3 rings (SSSR count). The summed E-state index contributed by atoms with van der Waals surface area (Å²) in [5.74, 6) is 0.411. The molecule has 0 aliphatic rings. The second-order valence-corrected chi connectivity index (χ2v) is 5.03. The molecular weight excluding hydrogens is 284 g/mol. The highest BCUT2D eigenvalue weighted by Crippen LogP contribution is 2.19. The van der Waals surface area contributed by atoms with E-state index in [2.05, 4.69) is 25.5 Å². The fourth-order valence-corrected chi connectivity index (χ4v) is 2.10. The van der Waals surface area contributed by atoms with Crippen LogP contribution in [-0.2, 0) is 11.3 Å². The Hall–Kier alpha value is -2.74. The van der Waals surface area contributed by atoms with Crippen LogP contribution in [0.25, 0.3) is 11.0 Å². The summed E-state index contributed by atoms with van der Waals surface area (Å²) in [4.78, 5) is 19.2. The van der Waals surface area contributed by atoms with Crippen LogP contribution in [0.5, 0.6) is 0 Å². The molecule has 114 valence electrons. The Labute approximate surface area is 126 Å². The molecule has 0 spiro atoms. The number of nitrogens with one attached hydrogen (secondary N) is 2. The second-order valence-electron chi connectivity index (χ2n) is 5.03. The molecule has 3 N–H and O–H groups in total. The molecule has 0 bridgehead atoms. The van der Waals surface area contributed by atoms with Gasteiger partial charge in [-0.2, -0.15) is 0 Å². The summed E-state index contributed by atoms with van der Waals surface area (Å²) < 4.78 is 1.74. The summed E-state index contributed by atoms with van der Waals surface area (Å²) in [5.41, 5.74) is 2.20. The molecule has 2 heterocycles. The summed E-state index contributed by atoms with van der Waals surface area (Å²) >= 11 is 0. The SMILES string of the molecule is CC(O)c1nc2ccc(NC(=O)CCn3cnnc3)cc2[nH]1. The van der Waals surface area contributed by atoms with Gasteiger partial charge in [-0.05, 0) is 25.1 Å². The first-order valence-corrected chi connectivity index (χ1v) is 6.92. The number of H-pyrrole nitrogens is 1. The number of rotatable bonds is 5. The number of imidazole rings is 1. The number of hydrogen-bond acceptors (Lipinski definition) is 5. The van der Waals surface area contributed by atoms with Gasteiger partial charge in [0, 0.05) is 18.7 Å². The van der Waals surface area contributed by atoms with Gasteiger partial charge in [0.25, 0.3) is 0 Å². The highest BCUT2D eigenvalue weighted by molar-refractivity contribution is 5.93. The van der Waals surface area contributed by atoms with Crippen LogP contribution in [-0.4, -0.2) is 35.7 Å². The van der Waals surface area contributed by atoms with Crippen molar-refractivity contribution in [2.45, 2.75) is 26.0 Å². The summed E-state index contributed by atoms with van der Waals surface area (Å²) in [5, 5.41) is 19.7. The Balaban J connectivity index is 1.66. The molecule has 1 atom stereocenters. The third-order valence-electron chi connectivity index (χ3n) is 3.24. The number of aromatic amines is 1. The van der Waals surface area contributed by atoms with Crippen molar-refractivity contribution in [1.29, 1.82) is 0 Å². The lowest BCUT2D eigenvalue weighted by molar-refractivity contribution is -0.116. The molecule has 8 heteroatoms. The van der Waals surface area contributed by atoms with Crippen molar-refractivity contribution >= 4 is 22.6 Å². The van der Waals surface area contributed by atoms with Gasteiger partial charge in [0.1, 0.15) is 24.6 Å². The molecule has 3 aromatic rings. The summed E-state index contributed by atoms with van der Waals surface area (Å²) in [6.45, 7) is 2.17. The topological polar surface area (TPSA) is 109 Å². The highest BCUT2D eigenvalue weighted by atomic mass is 16.3. The number of amides is 1. The maximum atomic E-state index is 11.9. The summed E-state index contributed by atoms with van der Waals surface area (Å²) in [6.07, 6.45) is 2.82. The molecule has 1 amide bonds. The van der Waals surface area contributed by atoms with Gasteiger partial charge in [-0.1, -0.05) is 0 Å². The molecule has 1 aromatic carbocycles. The number of aromatic nitrogens is 5. The molecule has 0 saturated heterocycles. The van der Waals surface area contributed by atoms with E-state index in [1.54, 1.807) is 42.3 Å². The summed E-state index contributed by atoms with van der Waals surface area (Å²) in [7, 11) is 0. The van der Waals surface area contributed by atoms with Crippen LogP contribution >= 0.6 is 0 Å². The zero-order valence-corrected chi connectivity index (χ0v) is 12.0. The number of aliphatic hydroxyl groups is 1. The number of fused-ring (bicyclic) bond motifs is 1. The van der Waals surface area contributed by atoms with Crippen molar-refractivity contribution in [3.63, 3.8) is 0 Å². The zero-order chi connectivity index (χ0) is 15.5. The predicted octanol–water partition coefficient (Wildman–Crippen LogP) is 1.24. The van der Waals surface area contributed by atoms with E-state index in [1.807, 2.05) is 0 Å². The minimum absolute atomic E-state index is 0.0942. The standard InChI is InChI=1S/C14H16N6O2/c1-9(21)14-18-11-3-2-10(6-12(11)19-14)17-13(22)4-5-20-7-15-16-8-20/h2-3,6-9,21H,4-5H2,1H3,(H,17,22)(H,18,19). The maximum Gasteiger partial charge on any atom is 0.226 e. The van der Waals surface area contributed by atoms with Crippen LogP contribution in [0, 0.1) is 0 Å². The van der Waals surface area contributed by atoms with Crippen molar-refractivity contribution in [1.82, 2.24) is 24.7 Å². The monoisotopic (exact) mass is 300 g/mol. The van der Waals surface area contributed by atoms with E-state index in [0.717, 1.165) is 11.0 Å². The lowest BCUT2D eigenvalue weighted by Crippen LogP contribution is -2.13. The molecule has 0 saturated carbocycles. The van der Waals surface area contributed by atoms with Crippen molar-refractivity contribution in [3.8, 4) is 0 Å². The minimum Gasteiger partial charge on any atom is -0.385 e. The van der Waals surface area contributed by atoms with E-state index >= 15 is 0 Å². The second kappa shape index (κ2) is 5.94. The molecular formula is C14H16N6O2. The number of hydrogen-bond donors (Lipinski definition) is 3. The van der Waals surface area contributed by atoms with Crippen LogP contribution < -0.4 is 5.32 Å². The molecule has 0 fully saturated rings. The van der Waals surface area contributed by atoms with Crippen molar-refractivity contribution in [2.75, 3.05) is 5.32 Å². The van der Waals surface area contributed by atoms with Gasteiger partial charge in [0.15, 0.2) is 0 Å². The van der Waals surface area contributed by atoms with E-state index < -0.39 is 6.10 Å². The van der Waals surface area contributed by atoms with E-state index in [9.17, 15) is 9.90 Å². The fourth-order valence-electron chi connectivity index (χ4n) is 2.10. The van der Waals surface area contributed by atoms with E-state index in [-0.39, 0.29) is 5.91 Å². The molecule has 0 aliphatic heterocycles. The smallest absolute Gasteiger partial charge is 0.226 e.